The monoisotopic (exact) mass is 343 g/mol. The van der Waals surface area contributed by atoms with E-state index in [0.29, 0.717) is 30.9 Å². The number of benzene rings is 1. The highest BCUT2D eigenvalue weighted by Gasteiger charge is 2.21. The van der Waals surface area contributed by atoms with Gasteiger partial charge in [-0.05, 0) is 30.0 Å². The number of hydrogen-bond acceptors (Lipinski definition) is 2. The summed E-state index contributed by atoms with van der Waals surface area (Å²) < 4.78 is 0. The van der Waals surface area contributed by atoms with Gasteiger partial charge in [0.15, 0.2) is 0 Å². The van der Waals surface area contributed by atoms with Gasteiger partial charge < -0.3 is 4.98 Å². The average molecular weight is 345 g/mol. The molecule has 0 fully saturated rings. The molecule has 1 N–H and O–H groups in total. The highest BCUT2D eigenvalue weighted by molar-refractivity contribution is 7.13. The molecule has 102 valence electrons. The normalized spacial score (nSPS) is 11.2. The van der Waals surface area contributed by atoms with Crippen molar-refractivity contribution in [2.75, 3.05) is 0 Å². The molecule has 0 bridgehead atoms. The Labute approximate surface area is 134 Å². The first-order valence-electron chi connectivity index (χ1n) is 5.73. The Balaban J connectivity index is 2.20. The smallest absolute Gasteiger partial charge is 0.206 e. The number of hydrogen-bond donors (Lipinski definition) is 1. The summed E-state index contributed by atoms with van der Waals surface area (Å²) in [6.07, 6.45) is 1.64. The Morgan fingerprint density at radius 3 is 2.65 bits per heavy atom. The number of carbonyl (C=O) groups excluding carboxylic acids is 1. The molecule has 2 heterocycles. The van der Waals surface area contributed by atoms with Crippen LogP contribution < -0.4 is 0 Å². The number of aromatic nitrogens is 1. The van der Waals surface area contributed by atoms with Crippen LogP contribution in [0.1, 0.15) is 20.8 Å². The van der Waals surface area contributed by atoms with E-state index in [9.17, 15) is 4.79 Å². The molecule has 0 radical (unpaired) electrons. The lowest BCUT2D eigenvalue weighted by atomic mass is 10.1. The molecule has 1 aromatic carbocycles. The third-order valence-corrected chi connectivity index (χ3v) is 5.26. The van der Waals surface area contributed by atoms with Crippen molar-refractivity contribution in [1.29, 1.82) is 0 Å². The third-order valence-electron chi connectivity index (χ3n) is 3.05. The maximum atomic E-state index is 12.6. The molecule has 0 spiro atoms. The molecule has 0 unspecified atom stereocenters. The fraction of sp³-hybridized carbons (Fsp3) is 0.0714. The van der Waals surface area contributed by atoms with Gasteiger partial charge in [0.2, 0.25) is 5.78 Å². The molecule has 0 aliphatic heterocycles. The van der Waals surface area contributed by atoms with E-state index in [2.05, 4.69) is 4.98 Å². The number of halogens is 3. The Bertz CT molecular complexity index is 834. The van der Waals surface area contributed by atoms with Crippen LogP contribution in [0.4, 0.5) is 0 Å². The molecule has 0 amide bonds. The minimum atomic E-state index is -0.136. The number of nitrogens with one attached hydrogen (secondary N) is 1. The standard InChI is InChI=1S/C14H8Cl3NOS/c1-6-5-20-14(12(6)17)13(19)8-4-18-10-3-7(15)2-9(16)11(8)10/h2-5,18H,1H3. The lowest BCUT2D eigenvalue weighted by Crippen LogP contribution is -1.98. The van der Waals surface area contributed by atoms with E-state index in [1.54, 1.807) is 18.3 Å². The van der Waals surface area contributed by atoms with Crippen molar-refractivity contribution in [2.45, 2.75) is 6.92 Å². The zero-order chi connectivity index (χ0) is 14.4. The van der Waals surface area contributed by atoms with Crippen LogP contribution in [0, 0.1) is 6.92 Å². The van der Waals surface area contributed by atoms with Gasteiger partial charge in [0.05, 0.1) is 20.5 Å². The summed E-state index contributed by atoms with van der Waals surface area (Å²) in [5, 5.41) is 4.00. The molecular weight excluding hydrogens is 337 g/mol. The van der Waals surface area contributed by atoms with Crippen LogP contribution in [0.3, 0.4) is 0 Å². The lowest BCUT2D eigenvalue weighted by Gasteiger charge is -2.01. The van der Waals surface area contributed by atoms with E-state index < -0.39 is 0 Å². The number of ketones is 1. The summed E-state index contributed by atoms with van der Waals surface area (Å²) >= 11 is 19.6. The van der Waals surface area contributed by atoms with Crippen LogP contribution in [0.25, 0.3) is 10.9 Å². The van der Waals surface area contributed by atoms with Crippen molar-refractivity contribution in [3.8, 4) is 0 Å². The molecule has 6 heteroatoms. The van der Waals surface area contributed by atoms with E-state index in [0.717, 1.165) is 11.1 Å². The molecule has 0 aliphatic rings. The first-order chi connectivity index (χ1) is 9.49. The van der Waals surface area contributed by atoms with Gasteiger partial charge in [-0.15, -0.1) is 11.3 Å². The van der Waals surface area contributed by atoms with Gasteiger partial charge in [-0.2, -0.15) is 0 Å². The van der Waals surface area contributed by atoms with Crippen molar-refractivity contribution in [3.05, 3.63) is 54.8 Å². The van der Waals surface area contributed by atoms with Crippen LogP contribution >= 0.6 is 46.1 Å². The first kappa shape index (κ1) is 14.0. The van der Waals surface area contributed by atoms with Gasteiger partial charge in [-0.1, -0.05) is 34.8 Å². The van der Waals surface area contributed by atoms with E-state index in [1.807, 2.05) is 12.3 Å². The number of H-pyrrole nitrogens is 1. The van der Waals surface area contributed by atoms with E-state index in [-0.39, 0.29) is 5.78 Å². The van der Waals surface area contributed by atoms with Crippen molar-refractivity contribution < 1.29 is 4.79 Å². The van der Waals surface area contributed by atoms with Gasteiger partial charge in [0.1, 0.15) is 0 Å². The van der Waals surface area contributed by atoms with Gasteiger partial charge in [0.25, 0.3) is 0 Å². The van der Waals surface area contributed by atoms with Gasteiger partial charge in [-0.25, -0.2) is 0 Å². The topological polar surface area (TPSA) is 32.9 Å². The quantitative estimate of drug-likeness (QED) is 0.592. The number of thiophene rings is 1. The van der Waals surface area contributed by atoms with Crippen molar-refractivity contribution in [3.63, 3.8) is 0 Å². The summed E-state index contributed by atoms with van der Waals surface area (Å²) in [4.78, 5) is 16.1. The van der Waals surface area contributed by atoms with Gasteiger partial charge >= 0.3 is 0 Å². The van der Waals surface area contributed by atoms with Crippen LogP contribution in [0.2, 0.25) is 15.1 Å². The SMILES string of the molecule is Cc1csc(C(=O)c2c[nH]c3cc(Cl)cc(Cl)c23)c1Cl. The predicted molar refractivity (Wildman–Crippen MR) is 85.8 cm³/mol. The molecule has 20 heavy (non-hydrogen) atoms. The summed E-state index contributed by atoms with van der Waals surface area (Å²) in [5.74, 6) is -0.136. The molecule has 2 nitrogen and oxygen atoms in total. The van der Waals surface area contributed by atoms with Crippen LogP contribution in [0.15, 0.2) is 23.7 Å². The number of carbonyl (C=O) groups is 1. The first-order valence-corrected chi connectivity index (χ1v) is 7.75. The molecule has 0 saturated heterocycles. The Hall–Kier alpha value is -1.000. The maximum Gasteiger partial charge on any atom is 0.206 e. The number of aromatic amines is 1. The maximum absolute atomic E-state index is 12.6. The number of rotatable bonds is 2. The number of aryl methyl sites for hydroxylation is 1. The fourth-order valence-electron chi connectivity index (χ4n) is 2.07. The highest BCUT2D eigenvalue weighted by Crippen LogP contribution is 2.34. The van der Waals surface area contributed by atoms with Crippen molar-refractivity contribution >= 4 is 62.8 Å². The molecule has 3 aromatic rings. The zero-order valence-corrected chi connectivity index (χ0v) is 13.3. The highest BCUT2D eigenvalue weighted by atomic mass is 35.5. The molecule has 0 saturated carbocycles. The fourth-order valence-corrected chi connectivity index (χ4v) is 3.90. The summed E-state index contributed by atoms with van der Waals surface area (Å²) in [6, 6.07) is 3.36. The summed E-state index contributed by atoms with van der Waals surface area (Å²) in [7, 11) is 0. The van der Waals surface area contributed by atoms with Crippen LogP contribution in [-0.4, -0.2) is 10.8 Å². The molecule has 0 atom stereocenters. The Kier molecular flexibility index (Phi) is 3.55. The van der Waals surface area contributed by atoms with Crippen molar-refractivity contribution in [2.24, 2.45) is 0 Å². The molecule has 0 aliphatic carbocycles. The van der Waals surface area contributed by atoms with Gasteiger partial charge in [-0.3, -0.25) is 4.79 Å². The minimum absolute atomic E-state index is 0.136. The Morgan fingerprint density at radius 2 is 2.00 bits per heavy atom. The van der Waals surface area contributed by atoms with Crippen LogP contribution in [-0.2, 0) is 0 Å². The van der Waals surface area contributed by atoms with Crippen molar-refractivity contribution in [1.82, 2.24) is 4.98 Å². The third kappa shape index (κ3) is 2.15. The van der Waals surface area contributed by atoms with Gasteiger partial charge in [0, 0.05) is 22.1 Å². The molecule has 2 aromatic heterocycles. The van der Waals surface area contributed by atoms with E-state index in [1.165, 1.54) is 11.3 Å². The largest absolute Gasteiger partial charge is 0.360 e. The van der Waals surface area contributed by atoms with Crippen LogP contribution in [0.5, 0.6) is 0 Å². The minimum Gasteiger partial charge on any atom is -0.360 e. The number of fused-ring (bicyclic) bond motifs is 1. The Morgan fingerprint density at radius 1 is 1.25 bits per heavy atom. The average Bonchev–Trinajstić information content (AvgIpc) is 2.94. The van der Waals surface area contributed by atoms with E-state index in [4.69, 9.17) is 34.8 Å². The zero-order valence-electron chi connectivity index (χ0n) is 10.3. The molecule has 3 rings (SSSR count). The second-order valence-electron chi connectivity index (χ2n) is 4.40. The lowest BCUT2D eigenvalue weighted by molar-refractivity contribution is 0.104. The second kappa shape index (κ2) is 5.08. The van der Waals surface area contributed by atoms with E-state index >= 15 is 0 Å². The summed E-state index contributed by atoms with van der Waals surface area (Å²) in [6.45, 7) is 1.87. The summed E-state index contributed by atoms with van der Waals surface area (Å²) in [5.41, 5.74) is 2.13. The predicted octanol–water partition coefficient (Wildman–Crippen LogP) is 5.73. The second-order valence-corrected chi connectivity index (χ2v) is 6.50. The molecular formula is C14H8Cl3NOS.